The van der Waals surface area contributed by atoms with E-state index in [0.717, 1.165) is 20.8 Å². The van der Waals surface area contributed by atoms with Crippen molar-refractivity contribution in [3.8, 4) is 0 Å². The van der Waals surface area contributed by atoms with Gasteiger partial charge in [0.1, 0.15) is 10.9 Å². The highest BCUT2D eigenvalue weighted by atomic mass is 79.9. The van der Waals surface area contributed by atoms with Crippen molar-refractivity contribution in [3.63, 3.8) is 0 Å². The number of carbonyl (C=O) groups is 2. The van der Waals surface area contributed by atoms with Crippen molar-refractivity contribution in [1.82, 2.24) is 4.90 Å². The molecule has 0 unspecified atom stereocenters. The number of nitrogens with zero attached hydrogens (tertiary/aromatic N) is 1. The van der Waals surface area contributed by atoms with Crippen LogP contribution in [0, 0.1) is 0 Å². The van der Waals surface area contributed by atoms with Crippen molar-refractivity contribution in [2.75, 3.05) is 11.9 Å². The molecule has 3 aromatic carbocycles. The van der Waals surface area contributed by atoms with E-state index in [2.05, 4.69) is 21.2 Å². The van der Waals surface area contributed by atoms with Crippen molar-refractivity contribution in [2.24, 2.45) is 0 Å². The fraction of sp³-hybridized carbons (Fsp3) is 0.0455. The van der Waals surface area contributed by atoms with E-state index in [1.54, 1.807) is 6.08 Å². The minimum Gasteiger partial charge on any atom is -0.324 e. The Labute approximate surface area is 186 Å². The van der Waals surface area contributed by atoms with Crippen molar-refractivity contribution in [3.05, 3.63) is 81.7 Å². The average molecular weight is 483 g/mol. The Morgan fingerprint density at radius 3 is 2.69 bits per heavy atom. The number of hydrogen-bond donors (Lipinski definition) is 1. The molecule has 4 rings (SSSR count). The zero-order valence-electron chi connectivity index (χ0n) is 15.1. The molecule has 1 aliphatic rings. The summed E-state index contributed by atoms with van der Waals surface area (Å²) in [4.78, 5) is 27.2. The maximum absolute atomic E-state index is 12.8. The predicted octanol–water partition coefficient (Wildman–Crippen LogP) is 5.44. The number of anilines is 1. The van der Waals surface area contributed by atoms with E-state index in [0.29, 0.717) is 14.9 Å². The molecule has 1 N–H and O–H groups in total. The van der Waals surface area contributed by atoms with E-state index in [4.69, 9.17) is 12.2 Å². The number of fused-ring (bicyclic) bond motifs is 1. The van der Waals surface area contributed by atoms with Crippen LogP contribution in [0.4, 0.5) is 5.69 Å². The number of rotatable bonds is 4. The Kier molecular flexibility index (Phi) is 5.80. The molecule has 0 spiro atoms. The van der Waals surface area contributed by atoms with Crippen LogP contribution in [0.5, 0.6) is 0 Å². The largest absolute Gasteiger partial charge is 0.324 e. The molecule has 0 aromatic heterocycles. The van der Waals surface area contributed by atoms with Gasteiger partial charge in [0.05, 0.1) is 4.91 Å². The lowest BCUT2D eigenvalue weighted by atomic mass is 10.1. The quantitative estimate of drug-likeness (QED) is 0.397. The Balaban J connectivity index is 1.49. The van der Waals surface area contributed by atoms with Crippen molar-refractivity contribution >= 4 is 78.6 Å². The second-order valence-corrected chi connectivity index (χ2v) is 8.99. The number of thiocarbonyl (C=S) groups is 1. The molecule has 144 valence electrons. The number of carbonyl (C=O) groups excluding carboxylic acids is 2. The molecule has 0 radical (unpaired) electrons. The van der Waals surface area contributed by atoms with Gasteiger partial charge in [0, 0.05) is 15.5 Å². The normalized spacial score (nSPS) is 15.3. The smallest absolute Gasteiger partial charge is 0.266 e. The lowest BCUT2D eigenvalue weighted by Gasteiger charge is -2.15. The Bertz CT molecular complexity index is 1170. The number of halogens is 1. The summed E-state index contributed by atoms with van der Waals surface area (Å²) in [5, 5.41) is 4.88. The van der Waals surface area contributed by atoms with Crippen LogP contribution in [-0.4, -0.2) is 27.6 Å². The monoisotopic (exact) mass is 482 g/mol. The predicted molar refractivity (Wildman–Crippen MR) is 127 cm³/mol. The summed E-state index contributed by atoms with van der Waals surface area (Å²) in [6, 6.07) is 21.2. The summed E-state index contributed by atoms with van der Waals surface area (Å²) in [5.74, 6) is -0.547. The van der Waals surface area contributed by atoms with E-state index in [1.807, 2.05) is 66.7 Å². The molecule has 29 heavy (non-hydrogen) atoms. The molecule has 7 heteroatoms. The lowest BCUT2D eigenvalue weighted by molar-refractivity contribution is -0.126. The third-order valence-corrected chi connectivity index (χ3v) is 6.26. The third-order valence-electron chi connectivity index (χ3n) is 4.39. The van der Waals surface area contributed by atoms with Crippen molar-refractivity contribution in [1.29, 1.82) is 0 Å². The van der Waals surface area contributed by atoms with E-state index in [1.165, 1.54) is 16.7 Å². The molecule has 0 aliphatic carbocycles. The Morgan fingerprint density at radius 2 is 1.86 bits per heavy atom. The maximum Gasteiger partial charge on any atom is 0.266 e. The molecule has 4 nitrogen and oxygen atoms in total. The van der Waals surface area contributed by atoms with Crippen LogP contribution in [0.3, 0.4) is 0 Å². The third kappa shape index (κ3) is 4.42. The Hall–Kier alpha value is -2.48. The van der Waals surface area contributed by atoms with Gasteiger partial charge >= 0.3 is 0 Å². The first-order valence-corrected chi connectivity index (χ1v) is 10.8. The van der Waals surface area contributed by atoms with Gasteiger partial charge in [0.25, 0.3) is 5.91 Å². The summed E-state index contributed by atoms with van der Waals surface area (Å²) in [7, 11) is 0. The molecular formula is C22H15BrN2O2S2. The fourth-order valence-corrected chi connectivity index (χ4v) is 4.72. The molecule has 1 heterocycles. The summed E-state index contributed by atoms with van der Waals surface area (Å²) in [6.07, 6.45) is 1.78. The first-order valence-electron chi connectivity index (χ1n) is 8.80. The number of hydrogen-bond acceptors (Lipinski definition) is 4. The van der Waals surface area contributed by atoms with E-state index in [9.17, 15) is 9.59 Å². The average Bonchev–Trinajstić information content (AvgIpc) is 2.96. The van der Waals surface area contributed by atoms with Crippen LogP contribution >= 0.6 is 39.9 Å². The first-order chi connectivity index (χ1) is 14.0. The van der Waals surface area contributed by atoms with Gasteiger partial charge in [0.15, 0.2) is 0 Å². The first kappa shape index (κ1) is 19.8. The van der Waals surface area contributed by atoms with Crippen molar-refractivity contribution in [2.45, 2.75) is 0 Å². The van der Waals surface area contributed by atoms with Gasteiger partial charge in [0.2, 0.25) is 5.91 Å². The van der Waals surface area contributed by atoms with Gasteiger partial charge < -0.3 is 5.32 Å². The molecule has 0 atom stereocenters. The highest BCUT2D eigenvalue weighted by Crippen LogP contribution is 2.33. The van der Waals surface area contributed by atoms with Crippen LogP contribution in [0.15, 0.2) is 76.1 Å². The minimum atomic E-state index is -0.290. The molecule has 1 saturated heterocycles. The van der Waals surface area contributed by atoms with Crippen LogP contribution in [-0.2, 0) is 9.59 Å². The second-order valence-electron chi connectivity index (χ2n) is 6.40. The zero-order valence-corrected chi connectivity index (χ0v) is 18.3. The number of amides is 2. The van der Waals surface area contributed by atoms with Crippen molar-refractivity contribution < 1.29 is 9.59 Å². The number of nitrogens with one attached hydrogen (secondary N) is 1. The fourth-order valence-electron chi connectivity index (χ4n) is 3.05. The Morgan fingerprint density at radius 1 is 1.10 bits per heavy atom. The summed E-state index contributed by atoms with van der Waals surface area (Å²) < 4.78 is 1.31. The number of thioether (sulfide) groups is 1. The maximum atomic E-state index is 12.8. The van der Waals surface area contributed by atoms with E-state index >= 15 is 0 Å². The van der Waals surface area contributed by atoms with Gasteiger partial charge in [-0.2, -0.15) is 0 Å². The van der Waals surface area contributed by atoms with Crippen LogP contribution in [0.2, 0.25) is 0 Å². The molecule has 3 aromatic rings. The van der Waals surface area contributed by atoms with Crippen LogP contribution < -0.4 is 5.32 Å². The highest BCUT2D eigenvalue weighted by Gasteiger charge is 2.33. The molecule has 1 aliphatic heterocycles. The molecule has 2 amide bonds. The highest BCUT2D eigenvalue weighted by molar-refractivity contribution is 9.10. The van der Waals surface area contributed by atoms with Gasteiger partial charge in [-0.15, -0.1) is 0 Å². The molecule has 0 bridgehead atoms. The van der Waals surface area contributed by atoms with Crippen LogP contribution in [0.25, 0.3) is 16.8 Å². The van der Waals surface area contributed by atoms with Gasteiger partial charge in [-0.1, -0.05) is 88.4 Å². The van der Waals surface area contributed by atoms with Gasteiger partial charge in [-0.05, 0) is 35.2 Å². The second kappa shape index (κ2) is 8.49. The van der Waals surface area contributed by atoms with E-state index in [-0.39, 0.29) is 18.4 Å². The SMILES string of the molecule is O=C(CN1C(=O)C(=Cc2cccc(Br)c2)SC1=S)Nc1cccc2ccccc12. The summed E-state index contributed by atoms with van der Waals surface area (Å²) >= 11 is 9.96. The summed E-state index contributed by atoms with van der Waals surface area (Å²) in [5.41, 5.74) is 1.60. The topological polar surface area (TPSA) is 49.4 Å². The molecule has 1 fully saturated rings. The molecular weight excluding hydrogens is 468 g/mol. The van der Waals surface area contributed by atoms with Gasteiger partial charge in [-0.3, -0.25) is 14.5 Å². The lowest BCUT2D eigenvalue weighted by Crippen LogP contribution is -2.36. The van der Waals surface area contributed by atoms with Crippen LogP contribution in [0.1, 0.15) is 5.56 Å². The number of benzene rings is 3. The molecule has 0 saturated carbocycles. The standard InChI is InChI=1S/C22H15BrN2O2S2/c23-16-8-3-5-14(11-16)12-19-21(27)25(22(28)29-19)13-20(26)24-18-10-4-7-15-6-1-2-9-17(15)18/h1-12H,13H2,(H,24,26). The minimum absolute atomic E-state index is 0.121. The zero-order chi connectivity index (χ0) is 20.4. The summed E-state index contributed by atoms with van der Waals surface area (Å²) in [6.45, 7) is -0.121. The van der Waals surface area contributed by atoms with Gasteiger partial charge in [-0.25, -0.2) is 0 Å². The van der Waals surface area contributed by atoms with E-state index < -0.39 is 0 Å².